The van der Waals surface area contributed by atoms with Crippen molar-refractivity contribution in [2.45, 2.75) is 38.8 Å². The molecule has 3 atom stereocenters. The molecule has 1 saturated heterocycles. The molecule has 3 N–H and O–H groups in total. The molecule has 2 heterocycles. The zero-order chi connectivity index (χ0) is 17.5. The van der Waals surface area contributed by atoms with Crippen molar-refractivity contribution in [3.63, 3.8) is 0 Å². The molecular weight excluding hydrogens is 324 g/mol. The molecule has 0 saturated carbocycles. The van der Waals surface area contributed by atoms with Crippen molar-refractivity contribution >= 4 is 28.6 Å². The number of nitrogens with zero attached hydrogens (tertiary/aromatic N) is 1. The molecule has 0 aromatic heterocycles. The van der Waals surface area contributed by atoms with Gasteiger partial charge in [-0.2, -0.15) is 0 Å². The van der Waals surface area contributed by atoms with Gasteiger partial charge >= 0.3 is 5.97 Å². The van der Waals surface area contributed by atoms with Crippen LogP contribution in [0, 0.1) is 5.92 Å². The quantitative estimate of drug-likeness (QED) is 0.586. The average molecular weight is 342 g/mol. The second kappa shape index (κ2) is 5.89. The van der Waals surface area contributed by atoms with E-state index in [0.29, 0.717) is 0 Å². The Hall–Kier alpha value is -2.00. The smallest absolute Gasteiger partial charge is 0.353 e. The third kappa shape index (κ3) is 3.06. The number of hydrogen-bond acceptors (Lipinski definition) is 5. The molecule has 1 fully saturated rings. The van der Waals surface area contributed by atoms with Crippen LogP contribution >= 0.6 is 0 Å². The first-order chi connectivity index (χ1) is 10.6. The molecular formula is C14H18N2O6S. The van der Waals surface area contributed by atoms with Crippen LogP contribution in [0.15, 0.2) is 22.2 Å². The van der Waals surface area contributed by atoms with E-state index >= 15 is 0 Å². The Kier molecular flexibility index (Phi) is 4.45. The molecule has 2 amide bonds. The summed E-state index contributed by atoms with van der Waals surface area (Å²) in [6.45, 7) is 4.25. The highest BCUT2D eigenvalue weighted by molar-refractivity contribution is 7.91. The van der Waals surface area contributed by atoms with E-state index < -0.39 is 40.2 Å². The van der Waals surface area contributed by atoms with Gasteiger partial charge in [0, 0.05) is 25.0 Å². The first-order valence-corrected chi connectivity index (χ1v) is 8.13. The van der Waals surface area contributed by atoms with Crippen LogP contribution in [-0.2, 0) is 25.2 Å². The number of nitrogens with one attached hydrogen (secondary N) is 1. The van der Waals surface area contributed by atoms with Crippen molar-refractivity contribution < 1.29 is 28.8 Å². The third-order valence-corrected chi connectivity index (χ3v) is 5.03. The van der Waals surface area contributed by atoms with Gasteiger partial charge < -0.3 is 20.4 Å². The lowest BCUT2D eigenvalue weighted by molar-refractivity contribution is -0.169. The van der Waals surface area contributed by atoms with E-state index in [1.165, 1.54) is 27.0 Å². The standard InChI is InChI=1S/C14H18N2O6S/c1-7(17)15-4-5-23(22)9-6-8-10(14(2,3)21)12(18)16(8)11(9)13(19)20/h4-5,8,10,21H,6H2,1-3H3,(H,15,17)(H,19,20)/b5-4+/t8?,10?,23-/m1/s1. The largest absolute Gasteiger partial charge is 0.477 e. The first-order valence-electron chi connectivity index (χ1n) is 6.92. The van der Waals surface area contributed by atoms with Gasteiger partial charge in [0.2, 0.25) is 11.8 Å². The normalized spacial score (nSPS) is 25.4. The number of aliphatic hydroxyl groups is 1. The second-order valence-corrected chi connectivity index (χ2v) is 7.35. The van der Waals surface area contributed by atoms with E-state index in [0.717, 1.165) is 10.3 Å². The monoisotopic (exact) mass is 342 g/mol. The summed E-state index contributed by atoms with van der Waals surface area (Å²) < 4.78 is 12.3. The topological polar surface area (TPSA) is 124 Å². The molecule has 2 rings (SSSR count). The molecule has 0 aromatic carbocycles. The van der Waals surface area contributed by atoms with Gasteiger partial charge in [0.25, 0.3) is 0 Å². The molecule has 126 valence electrons. The van der Waals surface area contributed by atoms with E-state index in [1.807, 2.05) is 0 Å². The Morgan fingerprint density at radius 1 is 1.43 bits per heavy atom. The Bertz CT molecular complexity index is 661. The van der Waals surface area contributed by atoms with E-state index in [-0.39, 0.29) is 22.9 Å². The lowest BCUT2D eigenvalue weighted by Crippen LogP contribution is -2.65. The fraction of sp³-hybridized carbons (Fsp3) is 0.500. The van der Waals surface area contributed by atoms with Crippen LogP contribution in [0.5, 0.6) is 0 Å². The zero-order valence-corrected chi connectivity index (χ0v) is 13.7. The number of carboxylic acid groups (broad SMARTS) is 1. The minimum Gasteiger partial charge on any atom is -0.477 e. The molecule has 0 aliphatic carbocycles. The van der Waals surface area contributed by atoms with E-state index in [1.54, 1.807) is 0 Å². The van der Waals surface area contributed by atoms with Crippen LogP contribution in [0.1, 0.15) is 27.2 Å². The maximum absolute atomic E-state index is 12.3. The molecule has 8 nitrogen and oxygen atoms in total. The summed E-state index contributed by atoms with van der Waals surface area (Å²) in [7, 11) is -1.79. The van der Waals surface area contributed by atoms with Crippen LogP contribution in [0.3, 0.4) is 0 Å². The van der Waals surface area contributed by atoms with E-state index in [9.17, 15) is 28.8 Å². The first kappa shape index (κ1) is 17.4. The predicted molar refractivity (Wildman–Crippen MR) is 80.8 cm³/mol. The van der Waals surface area contributed by atoms with Gasteiger partial charge in [0.1, 0.15) is 5.70 Å². The summed E-state index contributed by atoms with van der Waals surface area (Å²) in [6, 6.07) is -0.512. The van der Waals surface area contributed by atoms with Crippen molar-refractivity contribution in [1.82, 2.24) is 10.2 Å². The lowest BCUT2D eigenvalue weighted by atomic mass is 9.76. The Morgan fingerprint density at radius 2 is 2.04 bits per heavy atom. The van der Waals surface area contributed by atoms with Gasteiger partial charge in [-0.3, -0.25) is 9.59 Å². The fourth-order valence-corrected chi connectivity index (χ4v) is 3.99. The minimum absolute atomic E-state index is 0.101. The minimum atomic E-state index is -1.79. The van der Waals surface area contributed by atoms with Crippen LogP contribution in [0.25, 0.3) is 0 Å². The Balaban J connectivity index is 2.28. The van der Waals surface area contributed by atoms with E-state index in [2.05, 4.69) is 5.32 Å². The maximum atomic E-state index is 12.3. The second-order valence-electron chi connectivity index (χ2n) is 5.99. The molecule has 23 heavy (non-hydrogen) atoms. The Labute approximate surface area is 135 Å². The molecule has 0 radical (unpaired) electrons. The van der Waals surface area contributed by atoms with Crippen LogP contribution in [0.2, 0.25) is 0 Å². The Morgan fingerprint density at radius 3 is 2.52 bits per heavy atom. The number of carboxylic acids is 1. The van der Waals surface area contributed by atoms with Gasteiger partial charge in [0.05, 0.1) is 33.3 Å². The SMILES string of the molecule is CC(=O)N/C=C/[S@@](=O)C1=C(C(=O)O)N2C(=O)C(C(C)(C)O)C2C1. The summed E-state index contributed by atoms with van der Waals surface area (Å²) in [5, 5.41) is 22.9. The molecule has 2 unspecified atom stereocenters. The highest BCUT2D eigenvalue weighted by atomic mass is 32.2. The summed E-state index contributed by atoms with van der Waals surface area (Å²) >= 11 is 0. The number of carbonyl (C=O) groups is 3. The molecule has 0 bridgehead atoms. The van der Waals surface area contributed by atoms with Crippen LogP contribution in [0.4, 0.5) is 0 Å². The van der Waals surface area contributed by atoms with Crippen LogP contribution in [-0.4, -0.2) is 48.7 Å². The highest BCUT2D eigenvalue weighted by Crippen LogP contribution is 2.47. The van der Waals surface area contributed by atoms with Crippen molar-refractivity contribution in [2.24, 2.45) is 5.92 Å². The number of aliphatic carboxylic acids is 1. The fourth-order valence-electron chi connectivity index (χ4n) is 2.92. The van der Waals surface area contributed by atoms with Gasteiger partial charge in [-0.1, -0.05) is 0 Å². The number of hydrogen-bond donors (Lipinski definition) is 3. The van der Waals surface area contributed by atoms with Crippen molar-refractivity contribution in [3.05, 3.63) is 22.2 Å². The molecule has 9 heteroatoms. The molecule has 0 spiro atoms. The number of rotatable bonds is 5. The molecule has 2 aliphatic heterocycles. The zero-order valence-electron chi connectivity index (χ0n) is 12.9. The summed E-state index contributed by atoms with van der Waals surface area (Å²) in [4.78, 5) is 35.6. The summed E-state index contributed by atoms with van der Waals surface area (Å²) in [6.07, 6.45) is 1.29. The number of fused-ring (bicyclic) bond motifs is 1. The van der Waals surface area contributed by atoms with Gasteiger partial charge in [-0.05, 0) is 13.8 Å². The molecule has 0 aromatic rings. The van der Waals surface area contributed by atoms with Gasteiger partial charge in [0.15, 0.2) is 0 Å². The predicted octanol–water partition coefficient (Wildman–Crippen LogP) is -0.360. The number of β-lactam (4-membered cyclic amide) rings is 1. The summed E-state index contributed by atoms with van der Waals surface area (Å²) in [5.41, 5.74) is -1.59. The van der Waals surface area contributed by atoms with Crippen molar-refractivity contribution in [1.29, 1.82) is 0 Å². The van der Waals surface area contributed by atoms with Crippen LogP contribution < -0.4 is 5.32 Å². The molecule has 2 aliphatic rings. The number of carbonyl (C=O) groups excluding carboxylic acids is 2. The third-order valence-electron chi connectivity index (χ3n) is 3.80. The highest BCUT2D eigenvalue weighted by Gasteiger charge is 2.60. The number of amides is 2. The average Bonchev–Trinajstić information content (AvgIpc) is 2.71. The summed E-state index contributed by atoms with van der Waals surface area (Å²) in [5.74, 6) is -2.91. The van der Waals surface area contributed by atoms with Gasteiger partial charge in [-0.25, -0.2) is 9.00 Å². The van der Waals surface area contributed by atoms with Crippen molar-refractivity contribution in [2.75, 3.05) is 0 Å². The van der Waals surface area contributed by atoms with E-state index in [4.69, 9.17) is 0 Å². The van der Waals surface area contributed by atoms with Crippen molar-refractivity contribution in [3.8, 4) is 0 Å². The maximum Gasteiger partial charge on any atom is 0.353 e. The lowest BCUT2D eigenvalue weighted by Gasteiger charge is -2.48. The van der Waals surface area contributed by atoms with Gasteiger partial charge in [-0.15, -0.1) is 0 Å².